The topological polar surface area (TPSA) is 12.9 Å². The summed E-state index contributed by atoms with van der Waals surface area (Å²) in [6.45, 7) is 10.9. The minimum Gasteiger partial charge on any atom is -0.258 e. The van der Waals surface area contributed by atoms with Crippen molar-refractivity contribution in [1.29, 1.82) is 0 Å². The van der Waals surface area contributed by atoms with E-state index in [1.54, 1.807) is 0 Å². The molecule has 0 unspecified atom stereocenters. The van der Waals surface area contributed by atoms with Crippen LogP contribution >= 0.6 is 0 Å². The molecule has 13 heavy (non-hydrogen) atoms. The van der Waals surface area contributed by atoms with Crippen molar-refractivity contribution in [3.8, 4) is 0 Å². The summed E-state index contributed by atoms with van der Waals surface area (Å²) in [5, 5.41) is 0. The fourth-order valence-electron chi connectivity index (χ4n) is 1.92. The van der Waals surface area contributed by atoms with E-state index in [2.05, 4.69) is 39.6 Å². The quantitative estimate of drug-likeness (QED) is 0.676. The highest BCUT2D eigenvalue weighted by molar-refractivity contribution is 5.38. The maximum atomic E-state index is 4.60. The van der Waals surface area contributed by atoms with E-state index in [1.165, 1.54) is 28.1 Å². The second-order valence-electron chi connectivity index (χ2n) is 3.58. The van der Waals surface area contributed by atoms with Crippen LogP contribution in [0.2, 0.25) is 0 Å². The van der Waals surface area contributed by atoms with Gasteiger partial charge in [0.2, 0.25) is 0 Å². The van der Waals surface area contributed by atoms with Crippen molar-refractivity contribution < 1.29 is 0 Å². The molecule has 0 aliphatic rings. The van der Waals surface area contributed by atoms with Gasteiger partial charge in [-0.25, -0.2) is 0 Å². The van der Waals surface area contributed by atoms with Gasteiger partial charge < -0.3 is 0 Å². The first kappa shape index (κ1) is 10.2. The molecule has 0 aromatic carbocycles. The second-order valence-corrected chi connectivity index (χ2v) is 3.58. The minimum absolute atomic E-state index is 1.04. The molecule has 0 saturated heterocycles. The Balaban J connectivity index is 3.39. The molecule has 0 aliphatic heterocycles. The second kappa shape index (κ2) is 3.91. The third kappa shape index (κ3) is 1.74. The molecule has 1 heteroatoms. The van der Waals surface area contributed by atoms with Gasteiger partial charge in [-0.3, -0.25) is 4.98 Å². The van der Waals surface area contributed by atoms with Crippen LogP contribution in [0.1, 0.15) is 41.9 Å². The van der Waals surface area contributed by atoms with Gasteiger partial charge in [0.1, 0.15) is 0 Å². The molecule has 0 radical (unpaired) electrons. The van der Waals surface area contributed by atoms with Gasteiger partial charge in [-0.15, -0.1) is 0 Å². The monoisotopic (exact) mass is 177 g/mol. The highest BCUT2D eigenvalue weighted by Gasteiger charge is 2.08. The van der Waals surface area contributed by atoms with Crippen LogP contribution in [-0.4, -0.2) is 4.98 Å². The molecule has 0 aliphatic carbocycles. The third-order valence-corrected chi connectivity index (χ3v) is 2.87. The molecule has 1 heterocycles. The average Bonchev–Trinajstić information content (AvgIpc) is 2.12. The molecule has 1 aromatic rings. The SMILES string of the molecule is CCc1nc(C)c(C)c(CC)c1C. The predicted molar refractivity (Wildman–Crippen MR) is 57.2 cm³/mol. The maximum absolute atomic E-state index is 4.60. The molecule has 0 N–H and O–H groups in total. The van der Waals surface area contributed by atoms with E-state index in [0.29, 0.717) is 0 Å². The summed E-state index contributed by atoms with van der Waals surface area (Å²) in [5.74, 6) is 0. The Bertz CT molecular complexity index is 313. The first-order valence-electron chi connectivity index (χ1n) is 5.07. The standard InChI is InChI=1S/C12H19N/c1-6-11-8(3)10(5)13-12(7-2)9(11)4/h6-7H2,1-5H3. The predicted octanol–water partition coefficient (Wildman–Crippen LogP) is 3.13. The minimum atomic E-state index is 1.04. The van der Waals surface area contributed by atoms with E-state index in [9.17, 15) is 0 Å². The lowest BCUT2D eigenvalue weighted by molar-refractivity contribution is 0.928. The highest BCUT2D eigenvalue weighted by atomic mass is 14.7. The van der Waals surface area contributed by atoms with Crippen LogP contribution in [-0.2, 0) is 12.8 Å². The van der Waals surface area contributed by atoms with Gasteiger partial charge in [0.05, 0.1) is 0 Å². The molecule has 1 nitrogen and oxygen atoms in total. The van der Waals surface area contributed by atoms with Gasteiger partial charge in [0.15, 0.2) is 0 Å². The largest absolute Gasteiger partial charge is 0.258 e. The number of nitrogens with zero attached hydrogens (tertiary/aromatic N) is 1. The Morgan fingerprint density at radius 2 is 1.54 bits per heavy atom. The Labute approximate surface area is 81.2 Å². The average molecular weight is 177 g/mol. The molecule has 0 saturated carbocycles. The number of hydrogen-bond acceptors (Lipinski definition) is 1. The van der Waals surface area contributed by atoms with Crippen LogP contribution in [0.25, 0.3) is 0 Å². The molecular weight excluding hydrogens is 158 g/mol. The number of hydrogen-bond donors (Lipinski definition) is 0. The molecule has 0 spiro atoms. The van der Waals surface area contributed by atoms with Crippen LogP contribution < -0.4 is 0 Å². The summed E-state index contributed by atoms with van der Waals surface area (Å²) >= 11 is 0. The lowest BCUT2D eigenvalue weighted by Crippen LogP contribution is -2.03. The van der Waals surface area contributed by atoms with Crippen molar-refractivity contribution in [2.45, 2.75) is 47.5 Å². The maximum Gasteiger partial charge on any atom is 0.0436 e. The van der Waals surface area contributed by atoms with Crippen molar-refractivity contribution >= 4 is 0 Å². The lowest BCUT2D eigenvalue weighted by Gasteiger charge is -2.13. The fraction of sp³-hybridized carbons (Fsp3) is 0.583. The summed E-state index contributed by atoms with van der Waals surface area (Å²) in [4.78, 5) is 4.60. The summed E-state index contributed by atoms with van der Waals surface area (Å²) in [5.41, 5.74) is 6.72. The summed E-state index contributed by atoms with van der Waals surface area (Å²) < 4.78 is 0. The fourth-order valence-corrected chi connectivity index (χ4v) is 1.92. The molecule has 1 rings (SSSR count). The van der Waals surface area contributed by atoms with Crippen molar-refractivity contribution in [3.63, 3.8) is 0 Å². The molecule has 72 valence electrons. The Morgan fingerprint density at radius 1 is 0.923 bits per heavy atom. The van der Waals surface area contributed by atoms with E-state index in [0.717, 1.165) is 12.8 Å². The van der Waals surface area contributed by atoms with Crippen molar-refractivity contribution in [1.82, 2.24) is 4.98 Å². The van der Waals surface area contributed by atoms with Gasteiger partial charge >= 0.3 is 0 Å². The first-order valence-corrected chi connectivity index (χ1v) is 5.07. The number of aryl methyl sites for hydroxylation is 2. The van der Waals surface area contributed by atoms with E-state index in [-0.39, 0.29) is 0 Å². The van der Waals surface area contributed by atoms with Crippen LogP contribution in [0.5, 0.6) is 0 Å². The zero-order valence-corrected chi connectivity index (χ0v) is 9.36. The van der Waals surface area contributed by atoms with Gasteiger partial charge in [0.25, 0.3) is 0 Å². The van der Waals surface area contributed by atoms with E-state index in [1.807, 2.05) is 0 Å². The first-order chi connectivity index (χ1) is 6.11. The summed E-state index contributed by atoms with van der Waals surface area (Å²) in [6, 6.07) is 0. The van der Waals surface area contributed by atoms with Crippen LogP contribution in [0.3, 0.4) is 0 Å². The molecule has 0 amide bonds. The molecule has 1 aromatic heterocycles. The third-order valence-electron chi connectivity index (χ3n) is 2.87. The Morgan fingerprint density at radius 3 is 2.00 bits per heavy atom. The number of rotatable bonds is 2. The molecule has 0 bridgehead atoms. The zero-order valence-electron chi connectivity index (χ0n) is 9.36. The van der Waals surface area contributed by atoms with E-state index >= 15 is 0 Å². The zero-order chi connectivity index (χ0) is 10.0. The number of pyridine rings is 1. The van der Waals surface area contributed by atoms with E-state index in [4.69, 9.17) is 0 Å². The smallest absolute Gasteiger partial charge is 0.0436 e. The molecule has 0 fully saturated rings. The van der Waals surface area contributed by atoms with Crippen LogP contribution in [0.15, 0.2) is 0 Å². The van der Waals surface area contributed by atoms with Gasteiger partial charge in [-0.1, -0.05) is 13.8 Å². The van der Waals surface area contributed by atoms with Crippen LogP contribution in [0, 0.1) is 20.8 Å². The van der Waals surface area contributed by atoms with Gasteiger partial charge in [-0.05, 0) is 50.3 Å². The van der Waals surface area contributed by atoms with Crippen molar-refractivity contribution in [3.05, 3.63) is 28.1 Å². The lowest BCUT2D eigenvalue weighted by atomic mass is 9.97. The van der Waals surface area contributed by atoms with Gasteiger partial charge in [-0.2, -0.15) is 0 Å². The van der Waals surface area contributed by atoms with Crippen LogP contribution in [0.4, 0.5) is 0 Å². The number of aromatic nitrogens is 1. The van der Waals surface area contributed by atoms with E-state index < -0.39 is 0 Å². The van der Waals surface area contributed by atoms with Gasteiger partial charge in [0, 0.05) is 11.4 Å². The van der Waals surface area contributed by atoms with Crippen molar-refractivity contribution in [2.24, 2.45) is 0 Å². The normalized spacial score (nSPS) is 10.5. The Hall–Kier alpha value is -0.850. The molecular formula is C12H19N. The summed E-state index contributed by atoms with van der Waals surface area (Å²) in [6.07, 6.45) is 2.16. The van der Waals surface area contributed by atoms with Crippen molar-refractivity contribution in [2.75, 3.05) is 0 Å². The summed E-state index contributed by atoms with van der Waals surface area (Å²) in [7, 11) is 0. The Kier molecular flexibility index (Phi) is 3.07. The highest BCUT2D eigenvalue weighted by Crippen LogP contribution is 2.19. The molecule has 0 atom stereocenters.